The summed E-state index contributed by atoms with van der Waals surface area (Å²) in [4.78, 5) is 30.6. The minimum atomic E-state index is -0.340. The Balaban J connectivity index is 1.55. The quantitative estimate of drug-likeness (QED) is 0.924. The number of hydrogen-bond acceptors (Lipinski definition) is 5. The molecule has 4 heterocycles. The number of nitrogens with one attached hydrogen (secondary N) is 1. The van der Waals surface area contributed by atoms with E-state index in [1.165, 1.54) is 12.3 Å². The van der Waals surface area contributed by atoms with Crippen LogP contribution in [0.25, 0.3) is 0 Å². The number of H-pyrrole nitrogens is 1. The first-order valence-corrected chi connectivity index (χ1v) is 8.66. The second-order valence-corrected chi connectivity index (χ2v) is 6.60. The van der Waals surface area contributed by atoms with Gasteiger partial charge in [-0.2, -0.15) is 0 Å². The van der Waals surface area contributed by atoms with Crippen LogP contribution in [0.2, 0.25) is 0 Å². The SMILES string of the molecule is O=c1[nH]c(C2=NCCCC2)nc2c1CN(Cc1cncc(F)c1)CC2. The van der Waals surface area contributed by atoms with Crippen LogP contribution in [0.15, 0.2) is 28.2 Å². The second kappa shape index (κ2) is 6.84. The van der Waals surface area contributed by atoms with Gasteiger partial charge in [0, 0.05) is 38.8 Å². The Kier molecular flexibility index (Phi) is 4.40. The van der Waals surface area contributed by atoms with Crippen LogP contribution in [0, 0.1) is 5.82 Å². The zero-order valence-electron chi connectivity index (χ0n) is 14.0. The largest absolute Gasteiger partial charge is 0.305 e. The van der Waals surface area contributed by atoms with Gasteiger partial charge in [0.25, 0.3) is 5.56 Å². The molecule has 0 fully saturated rings. The van der Waals surface area contributed by atoms with Gasteiger partial charge in [0.1, 0.15) is 5.82 Å². The summed E-state index contributed by atoms with van der Waals surface area (Å²) in [5.74, 6) is 0.290. The van der Waals surface area contributed by atoms with Crippen molar-refractivity contribution >= 4 is 5.71 Å². The maximum Gasteiger partial charge on any atom is 0.255 e. The monoisotopic (exact) mass is 341 g/mol. The number of aromatic amines is 1. The Morgan fingerprint density at radius 2 is 2.16 bits per heavy atom. The molecule has 0 amide bonds. The van der Waals surface area contributed by atoms with Crippen LogP contribution >= 0.6 is 0 Å². The van der Waals surface area contributed by atoms with E-state index in [0.29, 0.717) is 30.9 Å². The van der Waals surface area contributed by atoms with E-state index in [0.717, 1.165) is 49.3 Å². The van der Waals surface area contributed by atoms with Crippen molar-refractivity contribution in [1.29, 1.82) is 0 Å². The zero-order chi connectivity index (χ0) is 17.2. The number of fused-ring (bicyclic) bond motifs is 1. The number of aromatic nitrogens is 3. The first-order chi connectivity index (χ1) is 12.2. The smallest absolute Gasteiger partial charge is 0.255 e. The molecule has 0 atom stereocenters. The molecule has 25 heavy (non-hydrogen) atoms. The first-order valence-electron chi connectivity index (χ1n) is 8.66. The summed E-state index contributed by atoms with van der Waals surface area (Å²) in [5, 5.41) is 0. The lowest BCUT2D eigenvalue weighted by atomic mass is 10.0. The highest BCUT2D eigenvalue weighted by Crippen LogP contribution is 2.18. The Hall–Kier alpha value is -2.41. The van der Waals surface area contributed by atoms with E-state index < -0.39 is 0 Å². The number of nitrogens with zero attached hydrogens (tertiary/aromatic N) is 4. The molecule has 1 N–H and O–H groups in total. The number of pyridine rings is 1. The summed E-state index contributed by atoms with van der Waals surface area (Å²) in [5.41, 5.74) is 3.20. The van der Waals surface area contributed by atoms with Crippen molar-refractivity contribution < 1.29 is 4.39 Å². The molecule has 0 saturated carbocycles. The van der Waals surface area contributed by atoms with Crippen molar-refractivity contribution in [2.24, 2.45) is 4.99 Å². The number of halogens is 1. The Bertz CT molecular complexity index is 876. The molecule has 0 saturated heterocycles. The van der Waals surface area contributed by atoms with E-state index in [1.54, 1.807) is 6.20 Å². The Morgan fingerprint density at radius 3 is 2.96 bits per heavy atom. The van der Waals surface area contributed by atoms with Crippen LogP contribution < -0.4 is 5.56 Å². The number of hydrogen-bond donors (Lipinski definition) is 1. The van der Waals surface area contributed by atoms with E-state index >= 15 is 0 Å². The summed E-state index contributed by atoms with van der Waals surface area (Å²) >= 11 is 0. The number of rotatable bonds is 3. The average Bonchev–Trinajstić information content (AvgIpc) is 2.63. The van der Waals surface area contributed by atoms with E-state index in [-0.39, 0.29) is 11.4 Å². The molecule has 2 aromatic rings. The lowest BCUT2D eigenvalue weighted by Gasteiger charge is -2.27. The van der Waals surface area contributed by atoms with Crippen molar-refractivity contribution in [3.63, 3.8) is 0 Å². The number of aliphatic imine (C=N–C) groups is 1. The molecule has 6 nitrogen and oxygen atoms in total. The molecule has 2 aromatic heterocycles. The molecule has 2 aliphatic rings. The van der Waals surface area contributed by atoms with Gasteiger partial charge >= 0.3 is 0 Å². The van der Waals surface area contributed by atoms with E-state index in [9.17, 15) is 9.18 Å². The van der Waals surface area contributed by atoms with E-state index in [4.69, 9.17) is 0 Å². The minimum absolute atomic E-state index is 0.0876. The Labute approximate surface area is 144 Å². The molecular weight excluding hydrogens is 321 g/mol. The van der Waals surface area contributed by atoms with Gasteiger partial charge in [-0.3, -0.25) is 19.7 Å². The maximum absolute atomic E-state index is 13.3. The highest BCUT2D eigenvalue weighted by Gasteiger charge is 2.22. The van der Waals surface area contributed by atoms with Crippen LogP contribution in [0.3, 0.4) is 0 Å². The maximum atomic E-state index is 13.3. The van der Waals surface area contributed by atoms with Crippen LogP contribution in [-0.4, -0.2) is 38.7 Å². The summed E-state index contributed by atoms with van der Waals surface area (Å²) in [6, 6.07) is 1.48. The summed E-state index contributed by atoms with van der Waals surface area (Å²) in [6.45, 7) is 2.68. The molecule has 0 aromatic carbocycles. The molecule has 7 heteroatoms. The normalized spacial score (nSPS) is 17.9. The topological polar surface area (TPSA) is 74.2 Å². The van der Waals surface area contributed by atoms with Gasteiger partial charge in [-0.25, -0.2) is 9.37 Å². The van der Waals surface area contributed by atoms with Gasteiger partial charge in [-0.05, 0) is 30.9 Å². The molecule has 4 rings (SSSR count). The molecule has 0 unspecified atom stereocenters. The highest BCUT2D eigenvalue weighted by molar-refractivity contribution is 5.97. The summed E-state index contributed by atoms with van der Waals surface area (Å²) < 4.78 is 13.3. The summed E-state index contributed by atoms with van der Waals surface area (Å²) in [6.07, 6.45) is 6.63. The van der Waals surface area contributed by atoms with E-state index in [2.05, 4.69) is 24.8 Å². The van der Waals surface area contributed by atoms with Crippen LogP contribution in [-0.2, 0) is 19.5 Å². The molecule has 0 spiro atoms. The third-order valence-corrected chi connectivity index (χ3v) is 4.71. The molecule has 0 aliphatic carbocycles. The standard InChI is InChI=1S/C18H20FN5O/c19-13-7-12(8-20-9-13)10-24-6-4-15-14(11-24)18(25)23-17(22-15)16-3-1-2-5-21-16/h7-9H,1-6,10-11H2,(H,22,23,25). The van der Waals surface area contributed by atoms with Crippen LogP contribution in [0.1, 0.15) is 41.9 Å². The van der Waals surface area contributed by atoms with Crippen LogP contribution in [0.5, 0.6) is 0 Å². The van der Waals surface area contributed by atoms with Crippen molar-refractivity contribution in [3.8, 4) is 0 Å². The molecule has 0 bridgehead atoms. The predicted molar refractivity (Wildman–Crippen MR) is 92.1 cm³/mol. The third kappa shape index (κ3) is 3.51. The highest BCUT2D eigenvalue weighted by atomic mass is 19.1. The van der Waals surface area contributed by atoms with Gasteiger partial charge in [0.2, 0.25) is 0 Å². The van der Waals surface area contributed by atoms with Gasteiger partial charge < -0.3 is 4.98 Å². The van der Waals surface area contributed by atoms with Crippen molar-refractivity contribution in [1.82, 2.24) is 19.9 Å². The molecule has 130 valence electrons. The fraction of sp³-hybridized carbons (Fsp3) is 0.444. The zero-order valence-corrected chi connectivity index (χ0v) is 14.0. The molecule has 2 aliphatic heterocycles. The van der Waals surface area contributed by atoms with Crippen molar-refractivity contribution in [2.75, 3.05) is 13.1 Å². The summed E-state index contributed by atoms with van der Waals surface area (Å²) in [7, 11) is 0. The van der Waals surface area contributed by atoms with Gasteiger partial charge in [-0.1, -0.05) is 0 Å². The van der Waals surface area contributed by atoms with Gasteiger partial charge in [0.05, 0.1) is 23.2 Å². The van der Waals surface area contributed by atoms with Crippen molar-refractivity contribution in [3.05, 3.63) is 57.3 Å². The molecular formula is C18H20FN5O. The van der Waals surface area contributed by atoms with Gasteiger partial charge in [-0.15, -0.1) is 0 Å². The van der Waals surface area contributed by atoms with Crippen LogP contribution in [0.4, 0.5) is 4.39 Å². The second-order valence-electron chi connectivity index (χ2n) is 6.60. The minimum Gasteiger partial charge on any atom is -0.305 e. The fourth-order valence-corrected chi connectivity index (χ4v) is 3.44. The third-order valence-electron chi connectivity index (χ3n) is 4.71. The van der Waals surface area contributed by atoms with E-state index in [1.807, 2.05) is 0 Å². The first kappa shape index (κ1) is 16.1. The fourth-order valence-electron chi connectivity index (χ4n) is 3.44. The average molecular weight is 341 g/mol. The van der Waals surface area contributed by atoms with Gasteiger partial charge in [0.15, 0.2) is 5.82 Å². The Morgan fingerprint density at radius 1 is 1.24 bits per heavy atom. The lowest BCUT2D eigenvalue weighted by Crippen LogP contribution is -2.36. The van der Waals surface area contributed by atoms with Crippen molar-refractivity contribution in [2.45, 2.75) is 38.8 Å². The molecule has 0 radical (unpaired) electrons. The lowest BCUT2D eigenvalue weighted by molar-refractivity contribution is 0.241. The predicted octanol–water partition coefficient (Wildman–Crippen LogP) is 1.84.